The van der Waals surface area contributed by atoms with Gasteiger partial charge in [0.2, 0.25) is 0 Å². The number of para-hydroxylation sites is 1. The van der Waals surface area contributed by atoms with Crippen molar-refractivity contribution in [2.24, 2.45) is 4.99 Å². The largest absolute Gasteiger partial charge is 0.493 e. The van der Waals surface area contributed by atoms with E-state index >= 15 is 0 Å². The average Bonchev–Trinajstić information content (AvgIpc) is 2.43. The van der Waals surface area contributed by atoms with E-state index in [-0.39, 0.29) is 24.0 Å². The second kappa shape index (κ2) is 11.6. The monoisotopic (exact) mass is 389 g/mol. The van der Waals surface area contributed by atoms with E-state index in [2.05, 4.69) is 35.2 Å². The molecular weight excluding hydrogens is 365 g/mol. The van der Waals surface area contributed by atoms with Crippen LogP contribution in [0.1, 0.15) is 12.0 Å². The van der Waals surface area contributed by atoms with E-state index in [4.69, 9.17) is 4.74 Å². The minimum Gasteiger partial charge on any atom is -0.493 e. The number of rotatable bonds is 7. The topological polar surface area (TPSA) is 45.7 Å². The van der Waals surface area contributed by atoms with Gasteiger partial charge in [0.15, 0.2) is 5.96 Å². The Labute approximate surface area is 138 Å². The molecule has 0 unspecified atom stereocenters. The molecule has 0 radical (unpaired) electrons. The lowest BCUT2D eigenvalue weighted by atomic mass is 10.2. The molecule has 0 amide bonds. The molecule has 0 aliphatic rings. The van der Waals surface area contributed by atoms with E-state index in [1.54, 1.807) is 13.1 Å². The number of hydrogen-bond acceptors (Lipinski definition) is 2. The highest BCUT2D eigenvalue weighted by atomic mass is 127. The van der Waals surface area contributed by atoms with Crippen LogP contribution in [-0.2, 0) is 0 Å². The van der Waals surface area contributed by atoms with E-state index in [9.17, 15) is 0 Å². The molecule has 5 heteroatoms. The van der Waals surface area contributed by atoms with E-state index in [1.807, 2.05) is 18.2 Å². The summed E-state index contributed by atoms with van der Waals surface area (Å²) in [5.41, 5.74) is 1.17. The third-order valence-corrected chi connectivity index (χ3v) is 2.60. The molecule has 2 N–H and O–H groups in total. The molecule has 0 bridgehead atoms. The maximum Gasteiger partial charge on any atom is 0.191 e. The molecule has 1 rings (SSSR count). The summed E-state index contributed by atoms with van der Waals surface area (Å²) in [4.78, 5) is 4.10. The lowest BCUT2D eigenvalue weighted by molar-refractivity contribution is 0.309. The molecule has 0 aromatic heterocycles. The van der Waals surface area contributed by atoms with Crippen LogP contribution in [0.4, 0.5) is 0 Å². The van der Waals surface area contributed by atoms with Crippen molar-refractivity contribution in [1.82, 2.24) is 10.6 Å². The van der Waals surface area contributed by atoms with E-state index in [1.165, 1.54) is 5.56 Å². The summed E-state index contributed by atoms with van der Waals surface area (Å²) in [5.74, 6) is 1.74. The molecule has 0 atom stereocenters. The van der Waals surface area contributed by atoms with Gasteiger partial charge in [0.1, 0.15) is 5.75 Å². The normalized spacial score (nSPS) is 10.4. The first-order chi connectivity index (χ1) is 9.27. The Balaban J connectivity index is 0.00000361. The number of hydrogen-bond donors (Lipinski definition) is 2. The van der Waals surface area contributed by atoms with Crippen LogP contribution in [0.3, 0.4) is 0 Å². The number of guanidine groups is 1. The van der Waals surface area contributed by atoms with Gasteiger partial charge in [-0.2, -0.15) is 0 Å². The third kappa shape index (κ3) is 7.37. The van der Waals surface area contributed by atoms with Crippen molar-refractivity contribution >= 4 is 29.9 Å². The van der Waals surface area contributed by atoms with Gasteiger partial charge in [-0.25, -0.2) is 0 Å². The smallest absolute Gasteiger partial charge is 0.191 e. The Morgan fingerprint density at radius 1 is 1.35 bits per heavy atom. The number of halogens is 1. The van der Waals surface area contributed by atoms with Crippen molar-refractivity contribution in [3.63, 3.8) is 0 Å². The van der Waals surface area contributed by atoms with Crippen molar-refractivity contribution in [3.8, 4) is 5.75 Å². The van der Waals surface area contributed by atoms with Crippen molar-refractivity contribution in [2.75, 3.05) is 26.7 Å². The van der Waals surface area contributed by atoms with Gasteiger partial charge in [-0.15, -0.1) is 30.6 Å². The van der Waals surface area contributed by atoms with Gasteiger partial charge in [0, 0.05) is 20.1 Å². The summed E-state index contributed by atoms with van der Waals surface area (Å²) in [6.45, 7) is 7.92. The third-order valence-electron chi connectivity index (χ3n) is 2.60. The number of aliphatic imine (C=N–C) groups is 1. The minimum atomic E-state index is 0. The van der Waals surface area contributed by atoms with Crippen LogP contribution in [0.5, 0.6) is 5.75 Å². The predicted octanol–water partition coefficient (Wildman–Crippen LogP) is 2.73. The lowest BCUT2D eigenvalue weighted by Gasteiger charge is -2.11. The molecule has 1 aromatic rings. The number of aryl methyl sites for hydroxylation is 1. The second-order valence-corrected chi connectivity index (χ2v) is 4.14. The van der Waals surface area contributed by atoms with Crippen molar-refractivity contribution < 1.29 is 4.74 Å². The van der Waals surface area contributed by atoms with Crippen LogP contribution >= 0.6 is 24.0 Å². The zero-order valence-corrected chi connectivity index (χ0v) is 14.5. The Morgan fingerprint density at radius 2 is 2.10 bits per heavy atom. The molecule has 4 nitrogen and oxygen atoms in total. The van der Waals surface area contributed by atoms with Gasteiger partial charge in [0.05, 0.1) is 6.61 Å². The van der Waals surface area contributed by atoms with Crippen LogP contribution in [-0.4, -0.2) is 32.7 Å². The van der Waals surface area contributed by atoms with Gasteiger partial charge in [-0.05, 0) is 25.0 Å². The zero-order chi connectivity index (χ0) is 13.9. The summed E-state index contributed by atoms with van der Waals surface area (Å²) in [6, 6.07) is 8.04. The van der Waals surface area contributed by atoms with E-state index in [0.717, 1.165) is 24.7 Å². The Hall–Kier alpha value is -1.24. The summed E-state index contributed by atoms with van der Waals surface area (Å²) in [5, 5.41) is 6.33. The molecule has 0 aliphatic heterocycles. The van der Waals surface area contributed by atoms with Gasteiger partial charge in [-0.1, -0.05) is 24.3 Å². The quantitative estimate of drug-likeness (QED) is 0.248. The highest BCUT2D eigenvalue weighted by molar-refractivity contribution is 14.0. The molecule has 0 fully saturated rings. The number of ether oxygens (including phenoxy) is 1. The molecule has 0 aliphatic carbocycles. The van der Waals surface area contributed by atoms with Crippen LogP contribution < -0.4 is 15.4 Å². The summed E-state index contributed by atoms with van der Waals surface area (Å²) in [6.07, 6.45) is 2.72. The molecule has 20 heavy (non-hydrogen) atoms. The number of nitrogens with one attached hydrogen (secondary N) is 2. The first kappa shape index (κ1) is 18.8. The van der Waals surface area contributed by atoms with Gasteiger partial charge in [-0.3, -0.25) is 4.99 Å². The fourth-order valence-electron chi connectivity index (χ4n) is 1.57. The highest BCUT2D eigenvalue weighted by Crippen LogP contribution is 2.15. The molecule has 0 saturated carbocycles. The minimum absolute atomic E-state index is 0. The van der Waals surface area contributed by atoms with Crippen LogP contribution in [0, 0.1) is 6.92 Å². The zero-order valence-electron chi connectivity index (χ0n) is 12.2. The van der Waals surface area contributed by atoms with E-state index < -0.39 is 0 Å². The lowest BCUT2D eigenvalue weighted by Crippen LogP contribution is -2.38. The molecule has 1 aromatic carbocycles. The molecule has 0 heterocycles. The Bertz CT molecular complexity index is 421. The maximum absolute atomic E-state index is 5.72. The average molecular weight is 389 g/mol. The van der Waals surface area contributed by atoms with Crippen molar-refractivity contribution in [3.05, 3.63) is 42.5 Å². The van der Waals surface area contributed by atoms with Crippen LogP contribution in [0.2, 0.25) is 0 Å². The first-order valence-corrected chi connectivity index (χ1v) is 6.51. The molecule has 0 spiro atoms. The summed E-state index contributed by atoms with van der Waals surface area (Å²) >= 11 is 0. The molecule has 112 valence electrons. The fourth-order valence-corrected chi connectivity index (χ4v) is 1.57. The molecular formula is C15H24IN3O. The fraction of sp³-hybridized carbons (Fsp3) is 0.400. The Kier molecular flexibility index (Phi) is 10.9. The van der Waals surface area contributed by atoms with Gasteiger partial charge < -0.3 is 15.4 Å². The van der Waals surface area contributed by atoms with Crippen molar-refractivity contribution in [1.29, 1.82) is 0 Å². The predicted molar refractivity (Wildman–Crippen MR) is 96.3 cm³/mol. The SMILES string of the molecule is C=CCNC(=NC)NCCCOc1ccccc1C.I. The van der Waals surface area contributed by atoms with Crippen LogP contribution in [0.15, 0.2) is 41.9 Å². The van der Waals surface area contributed by atoms with Gasteiger partial charge >= 0.3 is 0 Å². The summed E-state index contributed by atoms with van der Waals surface area (Å²) < 4.78 is 5.72. The Morgan fingerprint density at radius 3 is 2.75 bits per heavy atom. The second-order valence-electron chi connectivity index (χ2n) is 4.14. The van der Waals surface area contributed by atoms with Crippen molar-refractivity contribution in [2.45, 2.75) is 13.3 Å². The highest BCUT2D eigenvalue weighted by Gasteiger charge is 1.98. The number of benzene rings is 1. The summed E-state index contributed by atoms with van der Waals surface area (Å²) in [7, 11) is 1.75. The first-order valence-electron chi connectivity index (χ1n) is 6.51. The molecule has 0 saturated heterocycles. The standard InChI is InChI=1S/C15H23N3O.HI/c1-4-10-17-15(16-3)18-11-7-12-19-14-9-6-5-8-13(14)2;/h4-6,8-9H,1,7,10-12H2,2-3H3,(H2,16,17,18);1H. The van der Waals surface area contributed by atoms with Crippen LogP contribution in [0.25, 0.3) is 0 Å². The maximum atomic E-state index is 5.72. The van der Waals surface area contributed by atoms with Gasteiger partial charge in [0.25, 0.3) is 0 Å². The van der Waals surface area contributed by atoms with E-state index in [0.29, 0.717) is 13.2 Å². The number of nitrogens with zero attached hydrogens (tertiary/aromatic N) is 1.